The fraction of sp³-hybridized carbons (Fsp3) is 0.278. The molecule has 2 aromatic carbocycles. The molecule has 3 rings (SSSR count). The topological polar surface area (TPSA) is 52.0 Å². The van der Waals surface area contributed by atoms with Crippen LogP contribution in [-0.4, -0.2) is 38.8 Å². The number of rotatable bonds is 5. The molecule has 23 heavy (non-hydrogen) atoms. The van der Waals surface area contributed by atoms with E-state index in [9.17, 15) is 4.79 Å². The molecule has 0 aromatic heterocycles. The number of para-hydroxylation sites is 1. The fourth-order valence-electron chi connectivity index (χ4n) is 2.53. The monoisotopic (exact) mass is 313 g/mol. The molecule has 0 spiro atoms. The Labute approximate surface area is 135 Å². The number of anilines is 1. The van der Waals surface area contributed by atoms with Crippen molar-refractivity contribution in [2.24, 2.45) is 0 Å². The van der Waals surface area contributed by atoms with E-state index in [2.05, 4.69) is 5.32 Å². The van der Waals surface area contributed by atoms with Crippen molar-refractivity contribution in [2.45, 2.75) is 0 Å². The predicted octanol–water partition coefficient (Wildman–Crippen LogP) is 1.33. The molecule has 0 bridgehead atoms. The standard InChI is InChI=1S/C18H20N2O3/c21-18(14-20-9-11-22-12-10-20)19-15-5-4-8-17(13-15)23-16-6-2-1-3-7-16/h1-8,13H,9-12,14H2,(H,19,21)/p+1. The summed E-state index contributed by atoms with van der Waals surface area (Å²) in [5.74, 6) is 1.49. The summed E-state index contributed by atoms with van der Waals surface area (Å²) in [4.78, 5) is 13.4. The zero-order valence-corrected chi connectivity index (χ0v) is 13.0. The fourth-order valence-corrected chi connectivity index (χ4v) is 2.53. The first-order chi connectivity index (χ1) is 11.3. The van der Waals surface area contributed by atoms with Gasteiger partial charge in [0.15, 0.2) is 6.54 Å². The van der Waals surface area contributed by atoms with Gasteiger partial charge in [-0.05, 0) is 24.3 Å². The van der Waals surface area contributed by atoms with Gasteiger partial charge in [0.2, 0.25) is 0 Å². The average Bonchev–Trinajstić information content (AvgIpc) is 2.57. The van der Waals surface area contributed by atoms with Crippen LogP contribution in [0.1, 0.15) is 0 Å². The van der Waals surface area contributed by atoms with Gasteiger partial charge in [-0.2, -0.15) is 0 Å². The zero-order valence-electron chi connectivity index (χ0n) is 13.0. The number of morpholine rings is 1. The molecule has 5 nitrogen and oxygen atoms in total. The van der Waals surface area contributed by atoms with Crippen molar-refractivity contribution in [1.29, 1.82) is 0 Å². The molecule has 0 aliphatic carbocycles. The van der Waals surface area contributed by atoms with Crippen LogP contribution in [0, 0.1) is 0 Å². The van der Waals surface area contributed by atoms with E-state index in [1.807, 2.05) is 54.6 Å². The first kappa shape index (κ1) is 15.5. The zero-order chi connectivity index (χ0) is 15.9. The second-order valence-electron chi connectivity index (χ2n) is 5.53. The number of hydrogen-bond donors (Lipinski definition) is 2. The molecule has 0 unspecified atom stereocenters. The van der Waals surface area contributed by atoms with Crippen molar-refractivity contribution >= 4 is 11.6 Å². The molecule has 1 aliphatic heterocycles. The molecule has 2 aromatic rings. The molecule has 5 heteroatoms. The largest absolute Gasteiger partial charge is 0.457 e. The number of benzene rings is 2. The van der Waals surface area contributed by atoms with Gasteiger partial charge in [-0.15, -0.1) is 0 Å². The van der Waals surface area contributed by atoms with Gasteiger partial charge in [-0.3, -0.25) is 4.79 Å². The second kappa shape index (κ2) is 7.76. The van der Waals surface area contributed by atoms with Gasteiger partial charge in [0.1, 0.15) is 24.6 Å². The summed E-state index contributed by atoms with van der Waals surface area (Å²) in [6.07, 6.45) is 0. The highest BCUT2D eigenvalue weighted by Gasteiger charge is 2.17. The minimum absolute atomic E-state index is 0.0127. The molecule has 1 amide bonds. The molecule has 0 atom stereocenters. The highest BCUT2D eigenvalue weighted by atomic mass is 16.5. The maximum Gasteiger partial charge on any atom is 0.279 e. The third kappa shape index (κ3) is 4.81. The normalized spacial score (nSPS) is 15.1. The van der Waals surface area contributed by atoms with E-state index in [0.717, 1.165) is 37.7 Å². The van der Waals surface area contributed by atoms with E-state index in [1.54, 1.807) is 0 Å². The quantitative estimate of drug-likeness (QED) is 0.876. The van der Waals surface area contributed by atoms with Crippen LogP contribution >= 0.6 is 0 Å². The van der Waals surface area contributed by atoms with E-state index in [1.165, 1.54) is 4.90 Å². The minimum atomic E-state index is 0.0127. The van der Waals surface area contributed by atoms with Crippen LogP contribution in [-0.2, 0) is 9.53 Å². The average molecular weight is 313 g/mol. The van der Waals surface area contributed by atoms with Crippen molar-refractivity contribution in [3.63, 3.8) is 0 Å². The predicted molar refractivity (Wildman–Crippen MR) is 88.0 cm³/mol. The van der Waals surface area contributed by atoms with Crippen LogP contribution < -0.4 is 15.0 Å². The lowest BCUT2D eigenvalue weighted by atomic mass is 10.3. The number of amides is 1. The third-order valence-electron chi connectivity index (χ3n) is 3.71. The van der Waals surface area contributed by atoms with Gasteiger partial charge in [0, 0.05) is 11.8 Å². The number of hydrogen-bond acceptors (Lipinski definition) is 3. The second-order valence-corrected chi connectivity index (χ2v) is 5.53. The minimum Gasteiger partial charge on any atom is -0.457 e. The maximum absolute atomic E-state index is 12.1. The van der Waals surface area contributed by atoms with E-state index in [4.69, 9.17) is 9.47 Å². The number of nitrogens with one attached hydrogen (secondary N) is 2. The Bertz CT molecular complexity index is 640. The lowest BCUT2D eigenvalue weighted by Gasteiger charge is -2.23. The maximum atomic E-state index is 12.1. The number of carbonyl (C=O) groups excluding carboxylic acids is 1. The third-order valence-corrected chi connectivity index (χ3v) is 3.71. The Morgan fingerprint density at radius 3 is 2.57 bits per heavy atom. The van der Waals surface area contributed by atoms with E-state index < -0.39 is 0 Å². The van der Waals surface area contributed by atoms with Crippen LogP contribution in [0.5, 0.6) is 11.5 Å². The summed E-state index contributed by atoms with van der Waals surface area (Å²) in [6.45, 7) is 3.67. The summed E-state index contributed by atoms with van der Waals surface area (Å²) in [5, 5.41) is 2.93. The molecular formula is C18H21N2O3+. The molecule has 1 fully saturated rings. The highest BCUT2D eigenvalue weighted by molar-refractivity contribution is 5.91. The van der Waals surface area contributed by atoms with Crippen molar-refractivity contribution in [2.75, 3.05) is 38.2 Å². The molecule has 0 saturated carbocycles. The molecule has 1 aliphatic rings. The Kier molecular flexibility index (Phi) is 5.24. The van der Waals surface area contributed by atoms with Gasteiger partial charge >= 0.3 is 0 Å². The number of carbonyl (C=O) groups is 1. The summed E-state index contributed by atoms with van der Waals surface area (Å²) in [7, 11) is 0. The van der Waals surface area contributed by atoms with Crippen LogP contribution in [0.15, 0.2) is 54.6 Å². The van der Waals surface area contributed by atoms with Crippen molar-refractivity contribution in [1.82, 2.24) is 0 Å². The van der Waals surface area contributed by atoms with E-state index in [-0.39, 0.29) is 5.91 Å². The molecule has 120 valence electrons. The van der Waals surface area contributed by atoms with Crippen LogP contribution in [0.4, 0.5) is 5.69 Å². The van der Waals surface area contributed by atoms with Gasteiger partial charge in [0.05, 0.1) is 13.2 Å². The summed E-state index contributed by atoms with van der Waals surface area (Å²) in [6, 6.07) is 17.0. The summed E-state index contributed by atoms with van der Waals surface area (Å²) >= 11 is 0. The first-order valence-electron chi connectivity index (χ1n) is 7.84. The lowest BCUT2D eigenvalue weighted by molar-refractivity contribution is -0.899. The van der Waals surface area contributed by atoms with Gasteiger partial charge < -0.3 is 19.7 Å². The number of quaternary nitrogens is 1. The number of ether oxygens (including phenoxy) is 2. The van der Waals surface area contributed by atoms with Crippen molar-refractivity contribution in [3.05, 3.63) is 54.6 Å². The molecule has 1 saturated heterocycles. The molecule has 1 heterocycles. The van der Waals surface area contributed by atoms with Crippen molar-refractivity contribution < 1.29 is 19.2 Å². The summed E-state index contributed by atoms with van der Waals surface area (Å²) < 4.78 is 11.1. The smallest absolute Gasteiger partial charge is 0.279 e. The highest BCUT2D eigenvalue weighted by Crippen LogP contribution is 2.23. The van der Waals surface area contributed by atoms with Gasteiger partial charge in [0.25, 0.3) is 5.91 Å². The van der Waals surface area contributed by atoms with Crippen molar-refractivity contribution in [3.8, 4) is 11.5 Å². The van der Waals surface area contributed by atoms with E-state index >= 15 is 0 Å². The SMILES string of the molecule is O=C(C[NH+]1CCOCC1)Nc1cccc(Oc2ccccc2)c1. The Hall–Kier alpha value is -2.37. The first-order valence-corrected chi connectivity index (χ1v) is 7.84. The molecular weight excluding hydrogens is 292 g/mol. The Balaban J connectivity index is 1.57. The summed E-state index contributed by atoms with van der Waals surface area (Å²) in [5.41, 5.74) is 0.746. The molecule has 2 N–H and O–H groups in total. The van der Waals surface area contributed by atoms with Gasteiger partial charge in [-0.25, -0.2) is 0 Å². The Morgan fingerprint density at radius 2 is 1.78 bits per heavy atom. The molecule has 0 radical (unpaired) electrons. The van der Waals surface area contributed by atoms with Crippen LogP contribution in [0.25, 0.3) is 0 Å². The van der Waals surface area contributed by atoms with Crippen LogP contribution in [0.3, 0.4) is 0 Å². The van der Waals surface area contributed by atoms with Gasteiger partial charge in [-0.1, -0.05) is 24.3 Å². The lowest BCUT2D eigenvalue weighted by Crippen LogP contribution is -3.15. The van der Waals surface area contributed by atoms with Crippen LogP contribution in [0.2, 0.25) is 0 Å². The van der Waals surface area contributed by atoms with E-state index in [0.29, 0.717) is 12.3 Å². The Morgan fingerprint density at radius 1 is 1.04 bits per heavy atom.